The van der Waals surface area contributed by atoms with E-state index in [-0.39, 0.29) is 17.8 Å². The van der Waals surface area contributed by atoms with Crippen molar-refractivity contribution in [2.75, 3.05) is 26.2 Å². The average Bonchev–Trinajstić information content (AvgIpc) is 2.55. The summed E-state index contributed by atoms with van der Waals surface area (Å²) < 4.78 is 24.6. The number of hydrogen-bond donors (Lipinski definition) is 0. The van der Waals surface area contributed by atoms with E-state index in [0.717, 1.165) is 0 Å². The van der Waals surface area contributed by atoms with Gasteiger partial charge in [0.05, 0.1) is 4.47 Å². The zero-order valence-electron chi connectivity index (χ0n) is 15.4. The third-order valence-corrected chi connectivity index (χ3v) is 4.41. The van der Waals surface area contributed by atoms with E-state index in [9.17, 15) is 14.0 Å². The molecule has 1 saturated heterocycles. The van der Waals surface area contributed by atoms with Crippen LogP contribution in [0.4, 0.5) is 9.18 Å². The predicted molar refractivity (Wildman–Crippen MR) is 98.6 cm³/mol. The van der Waals surface area contributed by atoms with Crippen molar-refractivity contribution in [3.63, 3.8) is 0 Å². The molecule has 1 atom stereocenters. The van der Waals surface area contributed by atoms with Gasteiger partial charge in [0, 0.05) is 26.2 Å². The highest BCUT2D eigenvalue weighted by Crippen LogP contribution is 2.26. The summed E-state index contributed by atoms with van der Waals surface area (Å²) in [5, 5.41) is 0. The number of hydrogen-bond acceptors (Lipinski definition) is 4. The summed E-state index contributed by atoms with van der Waals surface area (Å²) in [6, 6.07) is 4.03. The first kappa shape index (κ1) is 20.5. The number of nitrogens with zero attached hydrogens (tertiary/aromatic N) is 2. The molecule has 8 heteroatoms. The Labute approximate surface area is 161 Å². The zero-order chi connectivity index (χ0) is 19.5. The summed E-state index contributed by atoms with van der Waals surface area (Å²) in [5.74, 6) is -0.161. The van der Waals surface area contributed by atoms with Crippen LogP contribution in [0.3, 0.4) is 0 Å². The molecule has 2 rings (SSSR count). The Morgan fingerprint density at radius 2 is 1.73 bits per heavy atom. The highest BCUT2D eigenvalue weighted by atomic mass is 79.9. The SMILES string of the molecule is CC(Oc1ccc(F)cc1Br)C(=O)N1CCN(C(=O)OC(C)(C)C)CC1. The lowest BCUT2D eigenvalue weighted by atomic mass is 10.2. The van der Waals surface area contributed by atoms with Crippen LogP contribution in [0.2, 0.25) is 0 Å². The Morgan fingerprint density at radius 1 is 1.15 bits per heavy atom. The molecule has 6 nitrogen and oxygen atoms in total. The van der Waals surface area contributed by atoms with Crippen LogP contribution in [0.15, 0.2) is 22.7 Å². The quantitative estimate of drug-likeness (QED) is 0.736. The molecule has 1 unspecified atom stereocenters. The number of amides is 2. The van der Waals surface area contributed by atoms with E-state index >= 15 is 0 Å². The second-order valence-corrected chi connectivity index (χ2v) is 7.98. The third kappa shape index (κ3) is 5.59. The van der Waals surface area contributed by atoms with E-state index in [1.54, 1.807) is 16.7 Å². The van der Waals surface area contributed by atoms with Gasteiger partial charge < -0.3 is 19.3 Å². The summed E-state index contributed by atoms with van der Waals surface area (Å²) in [5.41, 5.74) is -0.547. The normalized spacial score (nSPS) is 16.2. The van der Waals surface area contributed by atoms with E-state index in [0.29, 0.717) is 36.4 Å². The highest BCUT2D eigenvalue weighted by molar-refractivity contribution is 9.10. The molecule has 144 valence electrons. The molecule has 0 N–H and O–H groups in total. The molecule has 0 aliphatic carbocycles. The molecule has 0 bridgehead atoms. The van der Waals surface area contributed by atoms with Crippen LogP contribution in [0.5, 0.6) is 5.75 Å². The highest BCUT2D eigenvalue weighted by Gasteiger charge is 2.30. The molecule has 1 aliphatic heterocycles. The number of ether oxygens (including phenoxy) is 2. The Balaban J connectivity index is 1.88. The van der Waals surface area contributed by atoms with Crippen molar-refractivity contribution < 1.29 is 23.5 Å². The minimum Gasteiger partial charge on any atom is -0.480 e. The first-order valence-electron chi connectivity index (χ1n) is 8.45. The van der Waals surface area contributed by atoms with Gasteiger partial charge in [-0.2, -0.15) is 0 Å². The maximum absolute atomic E-state index is 13.1. The van der Waals surface area contributed by atoms with Crippen molar-refractivity contribution >= 4 is 27.9 Å². The summed E-state index contributed by atoms with van der Waals surface area (Å²) >= 11 is 3.22. The van der Waals surface area contributed by atoms with Crippen molar-refractivity contribution in [3.8, 4) is 5.75 Å². The second-order valence-electron chi connectivity index (χ2n) is 7.13. The third-order valence-electron chi connectivity index (χ3n) is 3.79. The van der Waals surface area contributed by atoms with Gasteiger partial charge in [0.1, 0.15) is 17.2 Å². The molecule has 1 aliphatic rings. The van der Waals surface area contributed by atoms with Gasteiger partial charge >= 0.3 is 6.09 Å². The van der Waals surface area contributed by atoms with Crippen LogP contribution >= 0.6 is 15.9 Å². The molecule has 1 aromatic rings. The Bertz CT molecular complexity index is 670. The Kier molecular flexibility index (Phi) is 6.49. The smallest absolute Gasteiger partial charge is 0.410 e. The van der Waals surface area contributed by atoms with E-state index in [1.807, 2.05) is 20.8 Å². The van der Waals surface area contributed by atoms with Gasteiger partial charge in [-0.15, -0.1) is 0 Å². The summed E-state index contributed by atoms with van der Waals surface area (Å²) in [7, 11) is 0. The monoisotopic (exact) mass is 430 g/mol. The number of carbonyl (C=O) groups is 2. The van der Waals surface area contributed by atoms with Gasteiger partial charge in [-0.05, 0) is 61.8 Å². The standard InChI is InChI=1S/C18H24BrFN2O4/c1-12(25-15-6-5-13(20)11-14(15)19)16(23)21-7-9-22(10-8-21)17(24)26-18(2,3)4/h5-6,11-12H,7-10H2,1-4H3. The van der Waals surface area contributed by atoms with Gasteiger partial charge in [-0.3, -0.25) is 4.79 Å². The molecule has 0 radical (unpaired) electrons. The van der Waals surface area contributed by atoms with Gasteiger partial charge in [-0.25, -0.2) is 9.18 Å². The Hall–Kier alpha value is -1.83. The fraction of sp³-hybridized carbons (Fsp3) is 0.556. The van der Waals surface area contributed by atoms with Crippen LogP contribution < -0.4 is 4.74 Å². The molecular formula is C18H24BrFN2O4. The van der Waals surface area contributed by atoms with Crippen molar-refractivity contribution in [1.29, 1.82) is 0 Å². The van der Waals surface area contributed by atoms with Gasteiger partial charge in [0.15, 0.2) is 6.10 Å². The van der Waals surface area contributed by atoms with Crippen molar-refractivity contribution in [2.45, 2.75) is 39.4 Å². The average molecular weight is 431 g/mol. The molecule has 2 amide bonds. The lowest BCUT2D eigenvalue weighted by Crippen LogP contribution is -2.54. The van der Waals surface area contributed by atoms with Crippen molar-refractivity contribution in [1.82, 2.24) is 9.80 Å². The van der Waals surface area contributed by atoms with E-state index < -0.39 is 11.7 Å². The number of carbonyl (C=O) groups excluding carboxylic acids is 2. The number of benzene rings is 1. The zero-order valence-corrected chi connectivity index (χ0v) is 17.0. The van der Waals surface area contributed by atoms with E-state index in [4.69, 9.17) is 9.47 Å². The maximum Gasteiger partial charge on any atom is 0.410 e. The summed E-state index contributed by atoms with van der Waals surface area (Å²) in [6.07, 6.45) is -1.09. The predicted octanol–water partition coefficient (Wildman–Crippen LogP) is 3.43. The topological polar surface area (TPSA) is 59.1 Å². The lowest BCUT2D eigenvalue weighted by Gasteiger charge is -2.36. The molecule has 0 aromatic heterocycles. The minimum absolute atomic E-state index is 0.176. The van der Waals surface area contributed by atoms with Crippen LogP contribution in [-0.4, -0.2) is 59.7 Å². The largest absolute Gasteiger partial charge is 0.480 e. The number of piperazine rings is 1. The summed E-state index contributed by atoms with van der Waals surface area (Å²) in [4.78, 5) is 27.9. The summed E-state index contributed by atoms with van der Waals surface area (Å²) in [6.45, 7) is 8.75. The molecule has 1 heterocycles. The van der Waals surface area contributed by atoms with Gasteiger partial charge in [-0.1, -0.05) is 0 Å². The maximum atomic E-state index is 13.1. The Morgan fingerprint density at radius 3 is 2.27 bits per heavy atom. The van der Waals surface area contributed by atoms with Gasteiger partial charge in [0.2, 0.25) is 0 Å². The molecule has 26 heavy (non-hydrogen) atoms. The van der Waals surface area contributed by atoms with Crippen LogP contribution in [0, 0.1) is 5.82 Å². The van der Waals surface area contributed by atoms with Crippen LogP contribution in [0.1, 0.15) is 27.7 Å². The van der Waals surface area contributed by atoms with Crippen LogP contribution in [-0.2, 0) is 9.53 Å². The number of rotatable bonds is 3. The fourth-order valence-electron chi connectivity index (χ4n) is 2.50. The second kappa shape index (κ2) is 8.24. The van der Waals surface area contributed by atoms with Crippen LogP contribution in [0.25, 0.3) is 0 Å². The first-order valence-corrected chi connectivity index (χ1v) is 9.24. The van der Waals surface area contributed by atoms with Crippen molar-refractivity contribution in [2.24, 2.45) is 0 Å². The van der Waals surface area contributed by atoms with Gasteiger partial charge in [0.25, 0.3) is 5.91 Å². The molecule has 1 fully saturated rings. The fourth-order valence-corrected chi connectivity index (χ4v) is 2.95. The molecule has 1 aromatic carbocycles. The van der Waals surface area contributed by atoms with E-state index in [2.05, 4.69) is 15.9 Å². The molecule has 0 spiro atoms. The molecular weight excluding hydrogens is 407 g/mol. The number of halogens is 2. The minimum atomic E-state index is -0.718. The van der Waals surface area contributed by atoms with Crippen molar-refractivity contribution in [3.05, 3.63) is 28.5 Å². The lowest BCUT2D eigenvalue weighted by molar-refractivity contribution is -0.139. The van der Waals surface area contributed by atoms with E-state index in [1.165, 1.54) is 18.2 Å². The molecule has 0 saturated carbocycles. The first-order chi connectivity index (χ1) is 12.1.